The average molecular weight is 190 g/mol. The summed E-state index contributed by atoms with van der Waals surface area (Å²) in [5, 5.41) is 3.23. The summed E-state index contributed by atoms with van der Waals surface area (Å²) in [6.45, 7) is 1.12. The van der Waals surface area contributed by atoms with Gasteiger partial charge in [-0.15, -0.1) is 0 Å². The van der Waals surface area contributed by atoms with Crippen molar-refractivity contribution in [3.63, 3.8) is 0 Å². The Kier molecular flexibility index (Phi) is 2.92. The van der Waals surface area contributed by atoms with Crippen LogP contribution in [0.15, 0.2) is 36.2 Å². The number of hydrogen-bond acceptors (Lipinski definition) is 2. The molecule has 3 N–H and O–H groups in total. The van der Waals surface area contributed by atoms with Gasteiger partial charge in [-0.25, -0.2) is 0 Å². The molecule has 0 aromatic carbocycles. The number of rotatable bonds is 2. The van der Waals surface area contributed by atoms with Crippen LogP contribution < -0.4 is 11.1 Å². The summed E-state index contributed by atoms with van der Waals surface area (Å²) in [5.74, 6) is 1.44. The first-order valence-electron chi connectivity index (χ1n) is 5.38. The van der Waals surface area contributed by atoms with Crippen molar-refractivity contribution in [3.05, 3.63) is 36.2 Å². The van der Waals surface area contributed by atoms with Gasteiger partial charge in [0.25, 0.3) is 0 Å². The van der Waals surface area contributed by atoms with E-state index >= 15 is 0 Å². The van der Waals surface area contributed by atoms with Gasteiger partial charge in [0, 0.05) is 12.2 Å². The quantitative estimate of drug-likeness (QED) is 0.698. The smallest absolute Gasteiger partial charge is 0.0270 e. The minimum atomic E-state index is 0.690. The van der Waals surface area contributed by atoms with Crippen LogP contribution in [0, 0.1) is 11.8 Å². The third-order valence-corrected chi connectivity index (χ3v) is 2.97. The van der Waals surface area contributed by atoms with Gasteiger partial charge >= 0.3 is 0 Å². The first-order chi connectivity index (χ1) is 6.84. The molecule has 2 aliphatic rings. The zero-order valence-corrected chi connectivity index (χ0v) is 8.45. The molecule has 0 aromatic rings. The van der Waals surface area contributed by atoms with Crippen LogP contribution in [0.5, 0.6) is 0 Å². The molecule has 0 saturated heterocycles. The largest absolute Gasteiger partial charge is 0.399 e. The summed E-state index contributed by atoms with van der Waals surface area (Å²) in [6, 6.07) is 0. The van der Waals surface area contributed by atoms with Crippen molar-refractivity contribution in [2.75, 3.05) is 6.54 Å². The lowest BCUT2D eigenvalue weighted by Gasteiger charge is -2.22. The molecule has 14 heavy (non-hydrogen) atoms. The Morgan fingerprint density at radius 2 is 2.29 bits per heavy atom. The molecular weight excluding hydrogens is 172 g/mol. The molecule has 2 rings (SSSR count). The van der Waals surface area contributed by atoms with Crippen molar-refractivity contribution in [1.29, 1.82) is 0 Å². The van der Waals surface area contributed by atoms with Crippen molar-refractivity contribution >= 4 is 0 Å². The topological polar surface area (TPSA) is 38.0 Å². The molecule has 2 atom stereocenters. The van der Waals surface area contributed by atoms with E-state index in [2.05, 4.69) is 29.7 Å². The monoisotopic (exact) mass is 190 g/mol. The Balaban J connectivity index is 1.84. The van der Waals surface area contributed by atoms with Crippen molar-refractivity contribution in [2.24, 2.45) is 17.6 Å². The maximum absolute atomic E-state index is 5.68. The van der Waals surface area contributed by atoms with Gasteiger partial charge in [-0.1, -0.05) is 18.2 Å². The van der Waals surface area contributed by atoms with Gasteiger partial charge in [0.2, 0.25) is 0 Å². The van der Waals surface area contributed by atoms with E-state index in [-0.39, 0.29) is 0 Å². The standard InChI is InChI=1S/C12H18N2/c13-12-3-1-10(2-4-12)9-11-5-7-14-8-6-11/h1,3-5,7,10-11,14H,2,6,8-9,13H2. The van der Waals surface area contributed by atoms with Gasteiger partial charge in [0.1, 0.15) is 0 Å². The molecule has 1 aliphatic carbocycles. The highest BCUT2D eigenvalue weighted by molar-refractivity contribution is 5.20. The SMILES string of the molecule is NC1=CCC(CC2C=CNCC2)C=C1. The van der Waals surface area contributed by atoms with E-state index in [0.717, 1.165) is 24.6 Å². The minimum absolute atomic E-state index is 0.690. The van der Waals surface area contributed by atoms with Crippen molar-refractivity contribution in [1.82, 2.24) is 5.32 Å². The maximum Gasteiger partial charge on any atom is 0.0270 e. The lowest BCUT2D eigenvalue weighted by Crippen LogP contribution is -2.19. The van der Waals surface area contributed by atoms with Gasteiger partial charge in [0.15, 0.2) is 0 Å². The third-order valence-electron chi connectivity index (χ3n) is 2.97. The molecule has 2 unspecified atom stereocenters. The van der Waals surface area contributed by atoms with Crippen LogP contribution in [0.2, 0.25) is 0 Å². The highest BCUT2D eigenvalue weighted by Crippen LogP contribution is 2.25. The Morgan fingerprint density at radius 1 is 1.36 bits per heavy atom. The molecule has 1 aliphatic heterocycles. The summed E-state index contributed by atoms with van der Waals surface area (Å²) in [4.78, 5) is 0. The molecule has 0 bridgehead atoms. The first kappa shape index (κ1) is 9.38. The molecule has 2 nitrogen and oxygen atoms in total. The van der Waals surface area contributed by atoms with E-state index in [1.54, 1.807) is 0 Å². The van der Waals surface area contributed by atoms with E-state index in [4.69, 9.17) is 5.73 Å². The number of nitrogens with one attached hydrogen (secondary N) is 1. The van der Waals surface area contributed by atoms with Crippen LogP contribution in [-0.2, 0) is 0 Å². The van der Waals surface area contributed by atoms with E-state index in [9.17, 15) is 0 Å². The fourth-order valence-corrected chi connectivity index (χ4v) is 2.09. The first-order valence-corrected chi connectivity index (χ1v) is 5.38. The summed E-state index contributed by atoms with van der Waals surface area (Å²) in [5.41, 5.74) is 6.60. The molecule has 76 valence electrons. The second kappa shape index (κ2) is 4.36. The zero-order valence-electron chi connectivity index (χ0n) is 8.45. The fraction of sp³-hybridized carbons (Fsp3) is 0.500. The molecule has 0 aromatic heterocycles. The lowest BCUT2D eigenvalue weighted by atomic mass is 9.87. The predicted octanol–water partition coefficient (Wildman–Crippen LogP) is 1.92. The summed E-state index contributed by atoms with van der Waals surface area (Å²) >= 11 is 0. The second-order valence-electron chi connectivity index (χ2n) is 4.16. The summed E-state index contributed by atoms with van der Waals surface area (Å²) in [7, 11) is 0. The molecule has 0 fully saturated rings. The van der Waals surface area contributed by atoms with Crippen LogP contribution in [-0.4, -0.2) is 6.54 Å². The van der Waals surface area contributed by atoms with Crippen molar-refractivity contribution < 1.29 is 0 Å². The van der Waals surface area contributed by atoms with Crippen LogP contribution in [0.4, 0.5) is 0 Å². The lowest BCUT2D eigenvalue weighted by molar-refractivity contribution is 0.440. The highest BCUT2D eigenvalue weighted by atomic mass is 14.8. The fourth-order valence-electron chi connectivity index (χ4n) is 2.09. The third kappa shape index (κ3) is 2.41. The zero-order chi connectivity index (χ0) is 9.80. The average Bonchev–Trinajstić information content (AvgIpc) is 2.23. The summed E-state index contributed by atoms with van der Waals surface area (Å²) in [6.07, 6.45) is 14.4. The van der Waals surface area contributed by atoms with E-state index < -0.39 is 0 Å². The van der Waals surface area contributed by atoms with E-state index in [1.807, 2.05) is 6.08 Å². The number of nitrogens with two attached hydrogens (primary N) is 1. The second-order valence-corrected chi connectivity index (χ2v) is 4.16. The summed E-state index contributed by atoms with van der Waals surface area (Å²) < 4.78 is 0. The molecular formula is C12H18N2. The van der Waals surface area contributed by atoms with Crippen LogP contribution in [0.1, 0.15) is 19.3 Å². The van der Waals surface area contributed by atoms with Crippen molar-refractivity contribution in [3.8, 4) is 0 Å². The van der Waals surface area contributed by atoms with Crippen molar-refractivity contribution in [2.45, 2.75) is 19.3 Å². The Bertz CT molecular complexity index is 276. The van der Waals surface area contributed by atoms with Crippen LogP contribution in [0.3, 0.4) is 0 Å². The van der Waals surface area contributed by atoms with Gasteiger partial charge in [-0.3, -0.25) is 0 Å². The van der Waals surface area contributed by atoms with Crippen LogP contribution in [0.25, 0.3) is 0 Å². The van der Waals surface area contributed by atoms with Gasteiger partial charge in [-0.2, -0.15) is 0 Å². The van der Waals surface area contributed by atoms with Crippen LogP contribution >= 0.6 is 0 Å². The number of hydrogen-bond donors (Lipinski definition) is 2. The predicted molar refractivity (Wildman–Crippen MR) is 59.4 cm³/mol. The van der Waals surface area contributed by atoms with E-state index in [1.165, 1.54) is 12.8 Å². The minimum Gasteiger partial charge on any atom is -0.399 e. The molecule has 0 spiro atoms. The molecule has 1 heterocycles. The van der Waals surface area contributed by atoms with Gasteiger partial charge < -0.3 is 11.1 Å². The number of allylic oxidation sites excluding steroid dienone is 4. The highest BCUT2D eigenvalue weighted by Gasteiger charge is 2.14. The molecule has 0 saturated carbocycles. The maximum atomic E-state index is 5.68. The van der Waals surface area contributed by atoms with E-state index in [0.29, 0.717) is 5.92 Å². The van der Waals surface area contributed by atoms with Gasteiger partial charge in [0.05, 0.1) is 0 Å². The Hall–Kier alpha value is -1.18. The molecule has 0 radical (unpaired) electrons. The molecule has 0 amide bonds. The Labute approximate surface area is 85.6 Å². The molecule has 2 heteroatoms. The Morgan fingerprint density at radius 3 is 2.93 bits per heavy atom. The normalized spacial score (nSPS) is 31.0. The van der Waals surface area contributed by atoms with Gasteiger partial charge in [-0.05, 0) is 43.4 Å².